The first-order valence-electron chi connectivity index (χ1n) is 6.77. The molecule has 0 saturated carbocycles. The van der Waals surface area contributed by atoms with Gasteiger partial charge in [-0.15, -0.1) is 0 Å². The van der Waals surface area contributed by atoms with Crippen LogP contribution < -0.4 is 4.31 Å². The minimum Gasteiger partial charge on any atom is -0.304 e. The average molecular weight is 453 g/mol. The van der Waals surface area contributed by atoms with Gasteiger partial charge in [-0.05, 0) is 13.1 Å². The fraction of sp³-hybridized carbons (Fsp3) is 0.462. The Morgan fingerprint density at radius 3 is 2.32 bits per heavy atom. The Morgan fingerprint density at radius 2 is 1.68 bits per heavy atom. The zero-order valence-electron chi connectivity index (χ0n) is 11.9. The molecule has 0 aliphatic carbocycles. The third-order valence-corrected chi connectivity index (χ3v) is 7.31. The number of nitrogens with zero attached hydrogens (tertiary/aromatic N) is 3. The topological polar surface area (TPSA) is 60.9 Å². The van der Waals surface area contributed by atoms with Crippen molar-refractivity contribution in [2.75, 3.05) is 37.5 Å². The van der Waals surface area contributed by atoms with Gasteiger partial charge in [-0.3, -0.25) is 4.79 Å². The number of carbonyl (C=O) groups excluding carboxylic acids is 1. The van der Waals surface area contributed by atoms with E-state index in [-0.39, 0.29) is 0 Å². The summed E-state index contributed by atoms with van der Waals surface area (Å²) >= 11 is 6.61. The monoisotopic (exact) mass is 451 g/mol. The quantitative estimate of drug-likeness (QED) is 0.637. The number of fused-ring (bicyclic) bond motifs is 1. The van der Waals surface area contributed by atoms with Gasteiger partial charge in [-0.1, -0.05) is 50.1 Å². The van der Waals surface area contributed by atoms with Gasteiger partial charge < -0.3 is 4.90 Å². The van der Waals surface area contributed by atoms with Crippen LogP contribution in [0.4, 0.5) is 5.69 Å². The maximum Gasteiger partial charge on any atom is 0.310 e. The molecule has 1 aromatic carbocycles. The van der Waals surface area contributed by atoms with Crippen LogP contribution in [0.3, 0.4) is 0 Å². The fourth-order valence-electron chi connectivity index (χ4n) is 2.63. The largest absolute Gasteiger partial charge is 0.310 e. The second-order valence-electron chi connectivity index (χ2n) is 5.37. The Balaban J connectivity index is 2.03. The van der Waals surface area contributed by atoms with Crippen LogP contribution in [-0.2, 0) is 18.2 Å². The van der Waals surface area contributed by atoms with Crippen molar-refractivity contribution in [1.82, 2.24) is 9.21 Å². The summed E-state index contributed by atoms with van der Waals surface area (Å²) in [5, 5.41) is 0. The van der Waals surface area contributed by atoms with Crippen molar-refractivity contribution in [2.45, 2.75) is 3.23 Å². The highest BCUT2D eigenvalue weighted by Crippen LogP contribution is 2.51. The molecule has 0 bridgehead atoms. The molecule has 6 nitrogen and oxygen atoms in total. The van der Waals surface area contributed by atoms with Crippen LogP contribution in [0.2, 0.25) is 0 Å². The smallest absolute Gasteiger partial charge is 0.304 e. The summed E-state index contributed by atoms with van der Waals surface area (Å²) in [4.78, 5) is 14.7. The summed E-state index contributed by atoms with van der Waals surface area (Å²) in [6.07, 6.45) is 0. The SMILES string of the molecule is CN1CCN(S(=O)(=O)N2C(=O)C(Br)(Br)c3ccccc32)CC1. The molecule has 22 heavy (non-hydrogen) atoms. The molecule has 2 heterocycles. The van der Waals surface area contributed by atoms with Gasteiger partial charge >= 0.3 is 10.2 Å². The molecular weight excluding hydrogens is 438 g/mol. The Labute approximate surface area is 146 Å². The molecule has 1 aromatic rings. The van der Waals surface area contributed by atoms with Gasteiger partial charge in [-0.25, -0.2) is 0 Å². The summed E-state index contributed by atoms with van der Waals surface area (Å²) < 4.78 is 26.9. The second kappa shape index (κ2) is 5.55. The highest BCUT2D eigenvalue weighted by atomic mass is 79.9. The van der Waals surface area contributed by atoms with E-state index in [0.717, 1.165) is 4.31 Å². The maximum absolute atomic E-state index is 12.9. The van der Waals surface area contributed by atoms with Crippen molar-refractivity contribution in [1.29, 1.82) is 0 Å². The van der Waals surface area contributed by atoms with Crippen LogP contribution in [-0.4, -0.2) is 56.8 Å². The van der Waals surface area contributed by atoms with Crippen molar-refractivity contribution in [3.63, 3.8) is 0 Å². The first-order valence-corrected chi connectivity index (χ1v) is 9.75. The zero-order valence-corrected chi connectivity index (χ0v) is 15.9. The van der Waals surface area contributed by atoms with E-state index in [1.165, 1.54) is 4.31 Å². The summed E-state index contributed by atoms with van der Waals surface area (Å²) in [5.41, 5.74) is 0.984. The lowest BCUT2D eigenvalue weighted by Gasteiger charge is -2.34. The van der Waals surface area contributed by atoms with Gasteiger partial charge in [0, 0.05) is 31.7 Å². The number of amides is 1. The number of likely N-dealkylation sites (N-methyl/N-ethyl adjacent to an activating group) is 1. The normalized spacial score (nSPS) is 22.9. The van der Waals surface area contributed by atoms with E-state index < -0.39 is 19.4 Å². The van der Waals surface area contributed by atoms with E-state index in [1.807, 2.05) is 7.05 Å². The fourth-order valence-corrected chi connectivity index (χ4v) is 5.50. The van der Waals surface area contributed by atoms with Crippen LogP contribution in [0.1, 0.15) is 5.56 Å². The van der Waals surface area contributed by atoms with Crippen LogP contribution in [0, 0.1) is 0 Å². The van der Waals surface area contributed by atoms with Crippen LogP contribution in [0.5, 0.6) is 0 Å². The van der Waals surface area contributed by atoms with E-state index in [4.69, 9.17) is 0 Å². The highest BCUT2D eigenvalue weighted by Gasteiger charge is 2.53. The van der Waals surface area contributed by atoms with E-state index in [9.17, 15) is 13.2 Å². The molecule has 120 valence electrons. The van der Waals surface area contributed by atoms with E-state index in [2.05, 4.69) is 36.8 Å². The number of benzene rings is 1. The van der Waals surface area contributed by atoms with Crippen LogP contribution >= 0.6 is 31.9 Å². The number of hydrogen-bond donors (Lipinski definition) is 0. The molecule has 3 rings (SSSR count). The third kappa shape index (κ3) is 2.43. The minimum absolute atomic E-state index is 0.377. The predicted molar refractivity (Wildman–Crippen MR) is 91.4 cm³/mol. The lowest BCUT2D eigenvalue weighted by atomic mass is 10.2. The van der Waals surface area contributed by atoms with Gasteiger partial charge in [0.2, 0.25) is 0 Å². The molecule has 0 spiro atoms. The number of para-hydroxylation sites is 1. The number of rotatable bonds is 2. The molecule has 0 atom stereocenters. The molecule has 1 saturated heterocycles. The van der Waals surface area contributed by atoms with E-state index in [0.29, 0.717) is 37.4 Å². The molecule has 1 amide bonds. The van der Waals surface area contributed by atoms with Gasteiger partial charge in [0.1, 0.15) is 0 Å². The molecule has 2 aliphatic rings. The molecule has 1 fully saturated rings. The Bertz CT molecular complexity index is 715. The second-order valence-corrected chi connectivity index (χ2v) is 10.6. The van der Waals surface area contributed by atoms with Gasteiger partial charge in [0.15, 0.2) is 3.23 Å². The van der Waals surface area contributed by atoms with E-state index in [1.54, 1.807) is 24.3 Å². The maximum atomic E-state index is 12.9. The van der Waals surface area contributed by atoms with Crippen LogP contribution in [0.25, 0.3) is 0 Å². The standard InChI is InChI=1S/C13H15Br2N3O3S/c1-16-6-8-17(9-7-16)22(20,21)18-11-5-3-2-4-10(11)13(14,15)12(18)19/h2-5H,6-9H2,1H3. The van der Waals surface area contributed by atoms with Crippen molar-refractivity contribution >= 4 is 53.7 Å². The zero-order chi connectivity index (χ0) is 16.1. The summed E-state index contributed by atoms with van der Waals surface area (Å²) in [7, 11) is -1.94. The summed E-state index contributed by atoms with van der Waals surface area (Å²) in [5.74, 6) is -0.548. The molecule has 0 N–H and O–H groups in total. The molecule has 0 aromatic heterocycles. The Kier molecular flexibility index (Phi) is 4.14. The lowest BCUT2D eigenvalue weighted by molar-refractivity contribution is -0.117. The number of alkyl halides is 2. The van der Waals surface area contributed by atoms with Crippen molar-refractivity contribution in [3.8, 4) is 0 Å². The molecule has 0 unspecified atom stereocenters. The number of anilines is 1. The first-order chi connectivity index (χ1) is 10.3. The van der Waals surface area contributed by atoms with E-state index >= 15 is 0 Å². The lowest BCUT2D eigenvalue weighted by Crippen LogP contribution is -2.53. The summed E-state index contributed by atoms with van der Waals surface area (Å²) in [6.45, 7) is 2.05. The molecule has 9 heteroatoms. The molecule has 2 aliphatic heterocycles. The molecular formula is C13H15Br2N3O3S. The summed E-state index contributed by atoms with van der Waals surface area (Å²) in [6, 6.07) is 6.87. The van der Waals surface area contributed by atoms with Gasteiger partial charge in [0.05, 0.1) is 5.69 Å². The number of carbonyl (C=O) groups is 1. The highest BCUT2D eigenvalue weighted by molar-refractivity contribution is 9.25. The van der Waals surface area contributed by atoms with Gasteiger partial charge in [-0.2, -0.15) is 17.0 Å². The number of halogens is 2. The first kappa shape index (κ1) is 16.4. The number of piperazine rings is 1. The Hall–Kier alpha value is -0.480. The van der Waals surface area contributed by atoms with Crippen molar-refractivity contribution in [3.05, 3.63) is 29.8 Å². The van der Waals surface area contributed by atoms with Crippen LogP contribution in [0.15, 0.2) is 24.3 Å². The van der Waals surface area contributed by atoms with Crippen molar-refractivity contribution < 1.29 is 13.2 Å². The Morgan fingerprint density at radius 1 is 1.09 bits per heavy atom. The third-order valence-electron chi connectivity index (χ3n) is 3.93. The van der Waals surface area contributed by atoms with Crippen molar-refractivity contribution in [2.24, 2.45) is 0 Å². The average Bonchev–Trinajstić information content (AvgIpc) is 2.68. The minimum atomic E-state index is -3.89. The number of hydrogen-bond acceptors (Lipinski definition) is 4. The predicted octanol–water partition coefficient (Wildman–Crippen LogP) is 1.47. The van der Waals surface area contributed by atoms with Gasteiger partial charge in [0.25, 0.3) is 5.91 Å². The molecule has 0 radical (unpaired) electrons.